The number of rotatable bonds is 9. The standard InChI is InChI=1S/C36H38Br2N2O4/c1-19-13-27(9-11-31(19)39-35(41)25(7)43-33-21(3)15-29(37)16-22(33)4)28-10-12-32(20(2)14-28)40-36(42)26(8)44-34-23(5)17-30(38)18-24(34)6/h9-18,25-26H,1-8H3,(H,39,41)(H,40,42). The van der Waals surface area contributed by atoms with Crippen molar-refractivity contribution in [3.63, 3.8) is 0 Å². The van der Waals surface area contributed by atoms with Crippen LogP contribution in [0.5, 0.6) is 11.5 Å². The maximum atomic E-state index is 13.0. The Balaban J connectivity index is 1.41. The number of hydrogen-bond acceptors (Lipinski definition) is 4. The van der Waals surface area contributed by atoms with Crippen LogP contribution in [0.3, 0.4) is 0 Å². The van der Waals surface area contributed by atoms with Crippen molar-refractivity contribution in [2.24, 2.45) is 0 Å². The average Bonchev–Trinajstić information content (AvgIpc) is 2.94. The Labute approximate surface area is 276 Å². The lowest BCUT2D eigenvalue weighted by Gasteiger charge is -2.19. The van der Waals surface area contributed by atoms with Gasteiger partial charge in [0, 0.05) is 20.3 Å². The number of halogens is 2. The molecule has 0 radical (unpaired) electrons. The molecule has 0 fully saturated rings. The molecule has 0 aliphatic carbocycles. The van der Waals surface area contributed by atoms with Gasteiger partial charge in [-0.25, -0.2) is 0 Å². The number of amides is 2. The van der Waals surface area contributed by atoms with Gasteiger partial charge in [0.1, 0.15) is 11.5 Å². The van der Waals surface area contributed by atoms with E-state index in [0.717, 1.165) is 76.3 Å². The van der Waals surface area contributed by atoms with Gasteiger partial charge < -0.3 is 20.1 Å². The predicted molar refractivity (Wildman–Crippen MR) is 186 cm³/mol. The molecule has 0 heterocycles. The van der Waals surface area contributed by atoms with E-state index in [-0.39, 0.29) is 11.8 Å². The molecule has 0 aromatic heterocycles. The van der Waals surface area contributed by atoms with Crippen LogP contribution in [0.4, 0.5) is 11.4 Å². The molecular formula is C36H38Br2N2O4. The average molecular weight is 723 g/mol. The minimum absolute atomic E-state index is 0.220. The largest absolute Gasteiger partial charge is 0.480 e. The maximum Gasteiger partial charge on any atom is 0.265 e. The van der Waals surface area contributed by atoms with E-state index in [9.17, 15) is 9.59 Å². The molecule has 6 nitrogen and oxygen atoms in total. The van der Waals surface area contributed by atoms with E-state index in [0.29, 0.717) is 0 Å². The molecule has 4 rings (SSSR count). The number of aryl methyl sites for hydroxylation is 6. The number of ether oxygens (including phenoxy) is 2. The Hall–Kier alpha value is -3.62. The van der Waals surface area contributed by atoms with Crippen LogP contribution < -0.4 is 20.1 Å². The van der Waals surface area contributed by atoms with Crippen LogP contribution in [-0.2, 0) is 9.59 Å². The van der Waals surface area contributed by atoms with Crippen LogP contribution in [0.2, 0.25) is 0 Å². The molecule has 0 aliphatic rings. The molecule has 0 saturated carbocycles. The van der Waals surface area contributed by atoms with Crippen LogP contribution >= 0.6 is 31.9 Å². The Morgan fingerprint density at radius 3 is 1.16 bits per heavy atom. The number of benzene rings is 4. The zero-order valence-corrected chi connectivity index (χ0v) is 29.5. The van der Waals surface area contributed by atoms with Crippen LogP contribution in [0.25, 0.3) is 11.1 Å². The fourth-order valence-corrected chi connectivity index (χ4v) is 6.44. The molecule has 2 atom stereocenters. The minimum atomic E-state index is -0.672. The van der Waals surface area contributed by atoms with Gasteiger partial charge in [-0.3, -0.25) is 9.59 Å². The first kappa shape index (κ1) is 33.3. The van der Waals surface area contributed by atoms with Crippen molar-refractivity contribution < 1.29 is 19.1 Å². The molecule has 230 valence electrons. The maximum absolute atomic E-state index is 13.0. The van der Waals surface area contributed by atoms with Crippen LogP contribution in [-0.4, -0.2) is 24.0 Å². The van der Waals surface area contributed by atoms with Crippen molar-refractivity contribution in [2.75, 3.05) is 10.6 Å². The molecule has 0 bridgehead atoms. The van der Waals surface area contributed by atoms with Crippen molar-refractivity contribution in [2.45, 2.75) is 67.6 Å². The second kappa shape index (κ2) is 14.0. The van der Waals surface area contributed by atoms with Crippen molar-refractivity contribution in [1.29, 1.82) is 0 Å². The summed E-state index contributed by atoms with van der Waals surface area (Å²) in [5.41, 5.74) is 9.18. The van der Waals surface area contributed by atoms with E-state index in [4.69, 9.17) is 9.47 Å². The number of nitrogens with one attached hydrogen (secondary N) is 2. The third-order valence-corrected chi connectivity index (χ3v) is 8.40. The van der Waals surface area contributed by atoms with E-state index in [1.54, 1.807) is 13.8 Å². The molecule has 2 N–H and O–H groups in total. The molecule has 2 amide bonds. The molecule has 4 aromatic carbocycles. The third-order valence-electron chi connectivity index (χ3n) is 7.48. The normalized spacial score (nSPS) is 12.3. The minimum Gasteiger partial charge on any atom is -0.480 e. The summed E-state index contributed by atoms with van der Waals surface area (Å²) in [7, 11) is 0. The number of hydrogen-bond donors (Lipinski definition) is 2. The lowest BCUT2D eigenvalue weighted by atomic mass is 9.99. The Morgan fingerprint density at radius 2 is 0.864 bits per heavy atom. The van der Waals surface area contributed by atoms with Crippen molar-refractivity contribution in [3.05, 3.63) is 103 Å². The van der Waals surface area contributed by atoms with E-state index < -0.39 is 12.2 Å². The van der Waals surface area contributed by atoms with Gasteiger partial charge in [0.25, 0.3) is 11.8 Å². The first-order valence-corrected chi connectivity index (χ1v) is 16.0. The van der Waals surface area contributed by atoms with Crippen LogP contribution in [0.15, 0.2) is 69.6 Å². The van der Waals surface area contributed by atoms with Crippen molar-refractivity contribution in [3.8, 4) is 22.6 Å². The van der Waals surface area contributed by atoms with Gasteiger partial charge in [-0.05, 0) is 148 Å². The molecule has 4 aromatic rings. The molecule has 0 aliphatic heterocycles. The monoisotopic (exact) mass is 720 g/mol. The second-order valence-electron chi connectivity index (χ2n) is 11.3. The van der Waals surface area contributed by atoms with Gasteiger partial charge >= 0.3 is 0 Å². The summed E-state index contributed by atoms with van der Waals surface area (Å²) < 4.78 is 14.0. The summed E-state index contributed by atoms with van der Waals surface area (Å²) in [4.78, 5) is 26.0. The number of anilines is 2. The van der Waals surface area contributed by atoms with Crippen LogP contribution in [0, 0.1) is 41.5 Å². The van der Waals surface area contributed by atoms with Gasteiger partial charge in [0.05, 0.1) is 0 Å². The summed E-state index contributed by atoms with van der Waals surface area (Å²) in [6.45, 7) is 15.3. The van der Waals surface area contributed by atoms with Gasteiger partial charge in [-0.1, -0.05) is 44.0 Å². The molecule has 0 spiro atoms. The summed E-state index contributed by atoms with van der Waals surface area (Å²) in [6, 6.07) is 19.7. The predicted octanol–water partition coefficient (Wildman–Crippen LogP) is 9.54. The number of carbonyl (C=O) groups excluding carboxylic acids is 2. The fraction of sp³-hybridized carbons (Fsp3) is 0.278. The summed E-state index contributed by atoms with van der Waals surface area (Å²) in [5.74, 6) is 0.994. The van der Waals surface area contributed by atoms with Gasteiger partial charge in [0.15, 0.2) is 12.2 Å². The highest BCUT2D eigenvalue weighted by Crippen LogP contribution is 2.31. The van der Waals surface area contributed by atoms with Crippen molar-refractivity contribution in [1.82, 2.24) is 0 Å². The molecule has 0 saturated heterocycles. The second-order valence-corrected chi connectivity index (χ2v) is 13.1. The lowest BCUT2D eigenvalue weighted by molar-refractivity contribution is -0.122. The first-order valence-electron chi connectivity index (χ1n) is 14.4. The SMILES string of the molecule is Cc1cc(-c2ccc(NC(=O)C(C)Oc3c(C)cc(Br)cc3C)c(C)c2)ccc1NC(=O)C(C)Oc1c(C)cc(Br)cc1C. The van der Waals surface area contributed by atoms with Gasteiger partial charge in [0.2, 0.25) is 0 Å². The summed E-state index contributed by atoms with van der Waals surface area (Å²) >= 11 is 6.99. The van der Waals surface area contributed by atoms with Gasteiger partial charge in [-0.2, -0.15) is 0 Å². The number of carbonyl (C=O) groups is 2. The molecule has 8 heteroatoms. The van der Waals surface area contributed by atoms with Crippen molar-refractivity contribution >= 4 is 55.0 Å². The van der Waals surface area contributed by atoms with E-state index in [1.165, 1.54) is 0 Å². The Bertz CT molecular complexity index is 1560. The highest BCUT2D eigenvalue weighted by atomic mass is 79.9. The lowest BCUT2D eigenvalue weighted by Crippen LogP contribution is -2.30. The third kappa shape index (κ3) is 7.90. The van der Waals surface area contributed by atoms with Crippen LogP contribution in [0.1, 0.15) is 47.2 Å². The van der Waals surface area contributed by atoms with E-state index >= 15 is 0 Å². The Morgan fingerprint density at radius 1 is 0.545 bits per heavy atom. The van der Waals surface area contributed by atoms with E-state index in [1.807, 2.05) is 102 Å². The van der Waals surface area contributed by atoms with E-state index in [2.05, 4.69) is 42.5 Å². The zero-order chi connectivity index (χ0) is 32.3. The molecular weight excluding hydrogens is 684 g/mol. The smallest absolute Gasteiger partial charge is 0.265 e. The highest BCUT2D eigenvalue weighted by Gasteiger charge is 2.20. The molecule has 44 heavy (non-hydrogen) atoms. The highest BCUT2D eigenvalue weighted by molar-refractivity contribution is 9.10. The fourth-order valence-electron chi connectivity index (χ4n) is 5.06. The Kier molecular flexibility index (Phi) is 10.6. The molecule has 2 unspecified atom stereocenters. The zero-order valence-electron chi connectivity index (χ0n) is 26.3. The summed E-state index contributed by atoms with van der Waals surface area (Å²) in [5, 5.41) is 6.01. The summed E-state index contributed by atoms with van der Waals surface area (Å²) in [6.07, 6.45) is -1.34. The van der Waals surface area contributed by atoms with Gasteiger partial charge in [-0.15, -0.1) is 0 Å². The quantitative estimate of drug-likeness (QED) is 0.181. The topological polar surface area (TPSA) is 76.7 Å². The first-order chi connectivity index (χ1) is 20.7.